The van der Waals surface area contributed by atoms with E-state index in [1.807, 2.05) is 12.1 Å². The lowest BCUT2D eigenvalue weighted by atomic mass is 9.90. The SMILES string of the molecule is CCc1nc2ccccc2c2nnc(CN3CCC(Cc4ccccc4)CC3)n12. The number of para-hydroxylation sites is 1. The first-order chi connectivity index (χ1) is 14.3. The van der Waals surface area contributed by atoms with Gasteiger partial charge in [-0.2, -0.15) is 0 Å². The minimum absolute atomic E-state index is 0.778. The summed E-state index contributed by atoms with van der Waals surface area (Å²) in [5, 5.41) is 10.2. The van der Waals surface area contributed by atoms with Crippen LogP contribution in [0.3, 0.4) is 0 Å². The zero-order valence-electron chi connectivity index (χ0n) is 17.0. The van der Waals surface area contributed by atoms with Crippen LogP contribution in [0, 0.1) is 5.92 Å². The summed E-state index contributed by atoms with van der Waals surface area (Å²) in [6, 6.07) is 19.1. The molecule has 5 rings (SSSR count). The fourth-order valence-electron chi connectivity index (χ4n) is 4.55. The molecular formula is C24H27N5. The Labute approximate surface area is 171 Å². The molecule has 2 aromatic heterocycles. The van der Waals surface area contributed by atoms with Gasteiger partial charge in [0.25, 0.3) is 0 Å². The number of hydrogen-bond donors (Lipinski definition) is 0. The number of rotatable bonds is 5. The summed E-state index contributed by atoms with van der Waals surface area (Å²) in [6.45, 7) is 5.23. The van der Waals surface area contributed by atoms with Gasteiger partial charge in [0.05, 0.1) is 12.1 Å². The molecule has 0 aliphatic carbocycles. The van der Waals surface area contributed by atoms with Crippen LogP contribution in [0.5, 0.6) is 0 Å². The molecule has 29 heavy (non-hydrogen) atoms. The van der Waals surface area contributed by atoms with Crippen molar-refractivity contribution in [2.45, 2.75) is 39.2 Å². The number of likely N-dealkylation sites (tertiary alicyclic amines) is 1. The van der Waals surface area contributed by atoms with Crippen LogP contribution < -0.4 is 0 Å². The van der Waals surface area contributed by atoms with E-state index in [4.69, 9.17) is 4.98 Å². The largest absolute Gasteiger partial charge is 0.296 e. The van der Waals surface area contributed by atoms with Gasteiger partial charge in [-0.1, -0.05) is 49.4 Å². The highest BCUT2D eigenvalue weighted by atomic mass is 15.3. The monoisotopic (exact) mass is 385 g/mol. The summed E-state index contributed by atoms with van der Waals surface area (Å²) < 4.78 is 2.18. The quantitative estimate of drug-likeness (QED) is 0.514. The third kappa shape index (κ3) is 3.62. The second-order valence-corrected chi connectivity index (χ2v) is 8.08. The van der Waals surface area contributed by atoms with E-state index in [0.29, 0.717) is 0 Å². The van der Waals surface area contributed by atoms with E-state index in [0.717, 1.165) is 60.2 Å². The first kappa shape index (κ1) is 18.3. The van der Waals surface area contributed by atoms with E-state index >= 15 is 0 Å². The topological polar surface area (TPSA) is 46.3 Å². The molecule has 148 valence electrons. The van der Waals surface area contributed by atoms with Gasteiger partial charge in [-0.3, -0.25) is 9.30 Å². The number of benzene rings is 2. The minimum atomic E-state index is 0.778. The lowest BCUT2D eigenvalue weighted by Gasteiger charge is -2.31. The smallest absolute Gasteiger partial charge is 0.171 e. The Bertz CT molecular complexity index is 1110. The molecule has 1 saturated heterocycles. The Balaban J connectivity index is 1.33. The molecule has 5 heteroatoms. The van der Waals surface area contributed by atoms with Gasteiger partial charge in [0.15, 0.2) is 11.5 Å². The van der Waals surface area contributed by atoms with Gasteiger partial charge < -0.3 is 0 Å². The molecule has 1 aliphatic heterocycles. The van der Waals surface area contributed by atoms with Crippen molar-refractivity contribution in [1.29, 1.82) is 0 Å². The zero-order valence-corrected chi connectivity index (χ0v) is 17.0. The van der Waals surface area contributed by atoms with Crippen molar-refractivity contribution in [3.8, 4) is 0 Å². The van der Waals surface area contributed by atoms with E-state index in [9.17, 15) is 0 Å². The van der Waals surface area contributed by atoms with Crippen molar-refractivity contribution in [1.82, 2.24) is 24.5 Å². The molecule has 0 unspecified atom stereocenters. The number of aromatic nitrogens is 4. The molecule has 0 bridgehead atoms. The number of piperidine rings is 1. The normalized spacial score (nSPS) is 16.0. The molecule has 4 aromatic rings. The Kier molecular flexibility index (Phi) is 4.98. The molecule has 1 fully saturated rings. The van der Waals surface area contributed by atoms with Gasteiger partial charge in [-0.15, -0.1) is 10.2 Å². The maximum absolute atomic E-state index is 4.87. The van der Waals surface area contributed by atoms with Crippen molar-refractivity contribution in [3.05, 3.63) is 71.8 Å². The summed E-state index contributed by atoms with van der Waals surface area (Å²) >= 11 is 0. The molecule has 0 amide bonds. The molecule has 1 aliphatic rings. The predicted octanol–water partition coefficient (Wildman–Crippen LogP) is 4.29. The fourth-order valence-corrected chi connectivity index (χ4v) is 4.55. The molecule has 0 spiro atoms. The second-order valence-electron chi connectivity index (χ2n) is 8.08. The van der Waals surface area contributed by atoms with Crippen LogP contribution in [0.1, 0.15) is 37.0 Å². The average molecular weight is 386 g/mol. The predicted molar refractivity (Wildman–Crippen MR) is 116 cm³/mol. The van der Waals surface area contributed by atoms with Crippen LogP contribution in [-0.4, -0.2) is 37.6 Å². The molecular weight excluding hydrogens is 358 g/mol. The summed E-state index contributed by atoms with van der Waals surface area (Å²) in [6.07, 6.45) is 4.55. The summed E-state index contributed by atoms with van der Waals surface area (Å²) in [7, 11) is 0. The van der Waals surface area contributed by atoms with Crippen LogP contribution in [0.25, 0.3) is 16.6 Å². The number of hydrogen-bond acceptors (Lipinski definition) is 4. The fraction of sp³-hybridized carbons (Fsp3) is 0.375. The average Bonchev–Trinajstić information content (AvgIpc) is 3.19. The lowest BCUT2D eigenvalue weighted by Crippen LogP contribution is -2.34. The van der Waals surface area contributed by atoms with Crippen LogP contribution >= 0.6 is 0 Å². The molecule has 0 N–H and O–H groups in total. The summed E-state index contributed by atoms with van der Waals surface area (Å²) in [5.41, 5.74) is 3.39. The van der Waals surface area contributed by atoms with Crippen LogP contribution in [0.4, 0.5) is 0 Å². The molecule has 3 heterocycles. The van der Waals surface area contributed by atoms with E-state index in [1.54, 1.807) is 0 Å². The lowest BCUT2D eigenvalue weighted by molar-refractivity contribution is 0.173. The third-order valence-corrected chi connectivity index (χ3v) is 6.14. The molecule has 2 aromatic carbocycles. The van der Waals surface area contributed by atoms with Crippen molar-refractivity contribution in [3.63, 3.8) is 0 Å². The van der Waals surface area contributed by atoms with E-state index < -0.39 is 0 Å². The Hall–Kier alpha value is -2.79. The third-order valence-electron chi connectivity index (χ3n) is 6.14. The molecule has 0 atom stereocenters. The van der Waals surface area contributed by atoms with Gasteiger partial charge in [0.1, 0.15) is 5.82 Å². The van der Waals surface area contributed by atoms with Gasteiger partial charge in [0.2, 0.25) is 0 Å². The summed E-state index contributed by atoms with van der Waals surface area (Å²) in [4.78, 5) is 7.39. The standard InChI is InChI=1S/C24H27N5/c1-2-22-25-21-11-7-6-10-20(21)24-27-26-23(29(22)24)17-28-14-12-19(13-15-28)16-18-8-4-3-5-9-18/h3-11,19H,2,12-17H2,1H3. The first-order valence-electron chi connectivity index (χ1n) is 10.7. The van der Waals surface area contributed by atoms with Crippen molar-refractivity contribution >= 4 is 16.6 Å². The maximum Gasteiger partial charge on any atom is 0.171 e. The molecule has 5 nitrogen and oxygen atoms in total. The second kappa shape index (κ2) is 7.91. The van der Waals surface area contributed by atoms with E-state index in [-0.39, 0.29) is 0 Å². The number of fused-ring (bicyclic) bond motifs is 3. The number of nitrogens with zero attached hydrogens (tertiary/aromatic N) is 5. The molecule has 0 radical (unpaired) electrons. The maximum atomic E-state index is 4.87. The van der Waals surface area contributed by atoms with Gasteiger partial charge in [-0.05, 0) is 56.0 Å². The van der Waals surface area contributed by atoms with Crippen LogP contribution in [0.2, 0.25) is 0 Å². The Morgan fingerprint density at radius 3 is 2.45 bits per heavy atom. The van der Waals surface area contributed by atoms with Crippen LogP contribution in [0.15, 0.2) is 54.6 Å². The van der Waals surface area contributed by atoms with Gasteiger partial charge in [0, 0.05) is 11.8 Å². The highest BCUT2D eigenvalue weighted by Crippen LogP contribution is 2.24. The Morgan fingerprint density at radius 1 is 0.897 bits per heavy atom. The van der Waals surface area contributed by atoms with E-state index in [2.05, 4.69) is 68.9 Å². The minimum Gasteiger partial charge on any atom is -0.296 e. The summed E-state index contributed by atoms with van der Waals surface area (Å²) in [5.74, 6) is 2.83. The zero-order chi connectivity index (χ0) is 19.6. The van der Waals surface area contributed by atoms with Crippen molar-refractivity contribution < 1.29 is 0 Å². The van der Waals surface area contributed by atoms with Crippen molar-refractivity contribution in [2.24, 2.45) is 5.92 Å². The highest BCUT2D eigenvalue weighted by molar-refractivity contribution is 5.91. The number of aryl methyl sites for hydroxylation is 1. The van der Waals surface area contributed by atoms with Gasteiger partial charge in [-0.25, -0.2) is 4.98 Å². The highest BCUT2D eigenvalue weighted by Gasteiger charge is 2.22. The first-order valence-corrected chi connectivity index (χ1v) is 10.7. The van der Waals surface area contributed by atoms with E-state index in [1.165, 1.54) is 24.8 Å². The van der Waals surface area contributed by atoms with Crippen molar-refractivity contribution in [2.75, 3.05) is 13.1 Å². The van der Waals surface area contributed by atoms with Gasteiger partial charge >= 0.3 is 0 Å². The molecule has 0 saturated carbocycles. The van der Waals surface area contributed by atoms with Crippen LogP contribution in [-0.2, 0) is 19.4 Å². The Morgan fingerprint density at radius 2 is 1.66 bits per heavy atom.